The molecule has 1 aromatic rings. The molecule has 4 heteroatoms. The third kappa shape index (κ3) is 7.47. The molecule has 194 valence electrons. The van der Waals surface area contributed by atoms with Gasteiger partial charge in [-0.05, 0) is 86.3 Å². The van der Waals surface area contributed by atoms with Gasteiger partial charge in [0, 0.05) is 6.42 Å². The quantitative estimate of drug-likeness (QED) is 0.205. The highest BCUT2D eigenvalue weighted by molar-refractivity contribution is 5.32. The third-order valence-electron chi connectivity index (χ3n) is 8.79. The summed E-state index contributed by atoms with van der Waals surface area (Å²) in [4.78, 5) is 0. The molecule has 0 aliphatic heterocycles. The van der Waals surface area contributed by atoms with Gasteiger partial charge in [-0.15, -0.1) is 0 Å². The first-order valence-electron chi connectivity index (χ1n) is 14.2. The molecule has 3 rings (SSSR count). The van der Waals surface area contributed by atoms with Crippen LogP contribution in [0, 0.1) is 29.4 Å². The van der Waals surface area contributed by atoms with Gasteiger partial charge in [-0.2, -0.15) is 0 Å². The third-order valence-corrected chi connectivity index (χ3v) is 8.79. The van der Waals surface area contributed by atoms with Crippen molar-refractivity contribution in [1.29, 1.82) is 0 Å². The first-order chi connectivity index (χ1) is 16.4. The molecule has 0 radical (unpaired) electrons. The van der Waals surface area contributed by atoms with Crippen molar-refractivity contribution >= 4 is 0 Å². The number of benzene rings is 1. The zero-order chi connectivity index (χ0) is 24.6. The maximum absolute atomic E-state index is 14.6. The maximum Gasteiger partial charge on any atom is 0.278 e. The van der Waals surface area contributed by atoms with Gasteiger partial charge in [-0.25, -0.2) is 17.6 Å². The van der Waals surface area contributed by atoms with E-state index >= 15 is 0 Å². The predicted octanol–water partition coefficient (Wildman–Crippen LogP) is 10.7. The van der Waals surface area contributed by atoms with Gasteiger partial charge >= 0.3 is 0 Å². The summed E-state index contributed by atoms with van der Waals surface area (Å²) in [6, 6.07) is 2.38. The minimum absolute atomic E-state index is 0.0815. The van der Waals surface area contributed by atoms with E-state index in [0.717, 1.165) is 37.5 Å². The average Bonchev–Trinajstić information content (AvgIpc) is 2.82. The highest BCUT2D eigenvalue weighted by atomic mass is 19.3. The molecule has 34 heavy (non-hydrogen) atoms. The second-order valence-electron chi connectivity index (χ2n) is 11.3. The Morgan fingerprint density at radius 3 is 1.79 bits per heavy atom. The van der Waals surface area contributed by atoms with Gasteiger partial charge in [-0.3, -0.25) is 0 Å². The highest BCUT2D eigenvalue weighted by Gasteiger charge is 2.38. The number of rotatable bonds is 12. The maximum atomic E-state index is 14.6. The topological polar surface area (TPSA) is 0 Å². The Morgan fingerprint density at radius 1 is 0.706 bits per heavy atom. The zero-order valence-electron chi connectivity index (χ0n) is 21.5. The van der Waals surface area contributed by atoms with Crippen LogP contribution in [-0.4, -0.2) is 0 Å². The van der Waals surface area contributed by atoms with Gasteiger partial charge in [0.25, 0.3) is 5.92 Å². The van der Waals surface area contributed by atoms with Crippen molar-refractivity contribution in [2.75, 3.05) is 0 Å². The van der Waals surface area contributed by atoms with Crippen LogP contribution in [0.5, 0.6) is 0 Å². The molecule has 0 bridgehead atoms. The lowest BCUT2D eigenvalue weighted by atomic mass is 9.68. The lowest BCUT2D eigenvalue weighted by molar-refractivity contribution is -0.0222. The van der Waals surface area contributed by atoms with Crippen molar-refractivity contribution in [1.82, 2.24) is 0 Å². The van der Waals surface area contributed by atoms with E-state index in [1.807, 2.05) is 0 Å². The summed E-state index contributed by atoms with van der Waals surface area (Å²) >= 11 is 0. The SMILES string of the molecule is CCCCCCCC1CCC(C2CCC(c3cc(F)c(C(F)(F)CCCC)c(F)c3)CC2)CC1. The van der Waals surface area contributed by atoms with Gasteiger partial charge < -0.3 is 0 Å². The van der Waals surface area contributed by atoms with Crippen LogP contribution in [0.15, 0.2) is 12.1 Å². The Bertz CT molecular complexity index is 704. The van der Waals surface area contributed by atoms with Crippen LogP contribution in [0.25, 0.3) is 0 Å². The zero-order valence-corrected chi connectivity index (χ0v) is 21.5. The summed E-state index contributed by atoms with van der Waals surface area (Å²) in [5.74, 6) is -3.10. The fourth-order valence-corrected chi connectivity index (χ4v) is 6.61. The van der Waals surface area contributed by atoms with Crippen LogP contribution in [0.3, 0.4) is 0 Å². The smallest absolute Gasteiger partial charge is 0.206 e. The Balaban J connectivity index is 1.47. The van der Waals surface area contributed by atoms with Crippen LogP contribution < -0.4 is 0 Å². The van der Waals surface area contributed by atoms with Gasteiger partial charge in [0.05, 0.1) is 5.56 Å². The van der Waals surface area contributed by atoms with Gasteiger partial charge in [0.15, 0.2) is 0 Å². The molecule has 0 saturated heterocycles. The minimum atomic E-state index is -3.45. The van der Waals surface area contributed by atoms with Crippen LogP contribution in [0.4, 0.5) is 17.6 Å². The monoisotopic (exact) mass is 482 g/mol. The molecule has 1 aromatic carbocycles. The Morgan fingerprint density at radius 2 is 1.24 bits per heavy atom. The largest absolute Gasteiger partial charge is 0.278 e. The lowest BCUT2D eigenvalue weighted by Gasteiger charge is -2.38. The summed E-state index contributed by atoms with van der Waals surface area (Å²) in [7, 11) is 0. The molecular weight excluding hydrogens is 436 g/mol. The molecule has 0 amide bonds. The summed E-state index contributed by atoms with van der Waals surface area (Å²) in [5, 5.41) is 0. The first-order valence-corrected chi connectivity index (χ1v) is 14.2. The van der Waals surface area contributed by atoms with E-state index in [0.29, 0.717) is 17.9 Å². The minimum Gasteiger partial charge on any atom is -0.206 e. The highest BCUT2D eigenvalue weighted by Crippen LogP contribution is 2.45. The van der Waals surface area contributed by atoms with Gasteiger partial charge in [0.1, 0.15) is 11.6 Å². The van der Waals surface area contributed by atoms with E-state index < -0.39 is 29.5 Å². The van der Waals surface area contributed by atoms with E-state index in [9.17, 15) is 17.6 Å². The second-order valence-corrected chi connectivity index (χ2v) is 11.3. The Hall–Kier alpha value is -1.06. The lowest BCUT2D eigenvalue weighted by Crippen LogP contribution is -2.25. The molecule has 0 spiro atoms. The van der Waals surface area contributed by atoms with Crippen LogP contribution >= 0.6 is 0 Å². The van der Waals surface area contributed by atoms with Crippen molar-refractivity contribution in [3.05, 3.63) is 34.9 Å². The van der Waals surface area contributed by atoms with Crippen LogP contribution in [-0.2, 0) is 5.92 Å². The van der Waals surface area contributed by atoms with Crippen molar-refractivity contribution in [2.24, 2.45) is 17.8 Å². The number of halogens is 4. The molecule has 0 heterocycles. The van der Waals surface area contributed by atoms with E-state index in [1.54, 1.807) is 6.92 Å². The van der Waals surface area contributed by atoms with Gasteiger partial charge in [0.2, 0.25) is 0 Å². The summed E-state index contributed by atoms with van der Waals surface area (Å²) in [6.45, 7) is 4.06. The first kappa shape index (κ1) is 27.5. The molecule has 2 aliphatic carbocycles. The molecular formula is C30H46F4. The van der Waals surface area contributed by atoms with E-state index in [-0.39, 0.29) is 12.3 Å². The summed E-state index contributed by atoms with van der Waals surface area (Å²) in [5.41, 5.74) is -0.476. The molecule has 0 atom stereocenters. The molecule has 2 fully saturated rings. The number of hydrogen-bond acceptors (Lipinski definition) is 0. The molecule has 0 aromatic heterocycles. The van der Waals surface area contributed by atoms with Crippen molar-refractivity contribution in [2.45, 2.75) is 135 Å². The van der Waals surface area contributed by atoms with Crippen molar-refractivity contribution < 1.29 is 17.6 Å². The predicted molar refractivity (Wildman–Crippen MR) is 133 cm³/mol. The van der Waals surface area contributed by atoms with Crippen molar-refractivity contribution in [3.8, 4) is 0 Å². The van der Waals surface area contributed by atoms with E-state index in [4.69, 9.17) is 0 Å². The fraction of sp³-hybridized carbons (Fsp3) is 0.800. The van der Waals surface area contributed by atoms with E-state index in [2.05, 4.69) is 6.92 Å². The molecule has 2 saturated carbocycles. The van der Waals surface area contributed by atoms with Gasteiger partial charge in [-0.1, -0.05) is 71.6 Å². The standard InChI is InChI=1S/C30H46F4/c1-3-5-7-8-9-10-22-11-13-23(14-12-22)24-15-17-25(18-16-24)26-20-27(31)29(28(32)21-26)30(33,34)19-6-4-2/h20-25H,3-19H2,1-2H3. The Kier molecular flexibility index (Phi) is 10.8. The molecule has 0 nitrogen and oxygen atoms in total. The fourth-order valence-electron chi connectivity index (χ4n) is 6.61. The molecule has 0 N–H and O–H groups in total. The summed E-state index contributed by atoms with van der Waals surface area (Å²) < 4.78 is 58.0. The number of unbranched alkanes of at least 4 members (excludes halogenated alkanes) is 5. The van der Waals surface area contributed by atoms with Crippen molar-refractivity contribution in [3.63, 3.8) is 0 Å². The second kappa shape index (κ2) is 13.3. The summed E-state index contributed by atoms with van der Waals surface area (Å²) in [6.07, 6.45) is 17.9. The molecule has 0 unspecified atom stereocenters. The Labute approximate surface area is 205 Å². The molecule has 2 aliphatic rings. The average molecular weight is 483 g/mol. The number of hydrogen-bond donors (Lipinski definition) is 0. The normalized spacial score (nSPS) is 26.1. The number of alkyl halides is 2. The van der Waals surface area contributed by atoms with E-state index in [1.165, 1.54) is 76.3 Å². The van der Waals surface area contributed by atoms with Crippen LogP contribution in [0.2, 0.25) is 0 Å². The van der Waals surface area contributed by atoms with Crippen LogP contribution in [0.1, 0.15) is 140 Å².